The zero-order valence-electron chi connectivity index (χ0n) is 13.9. The number of rotatable bonds is 5. The number of carboxylic acids is 1. The SMILES string of the molecule is CCc1nc2ccccc2n1Cc1nc2ccccc2n1CC(=O)O. The van der Waals surface area contributed by atoms with E-state index in [1.165, 1.54) is 0 Å². The maximum Gasteiger partial charge on any atom is 0.323 e. The van der Waals surface area contributed by atoms with Gasteiger partial charge in [0.15, 0.2) is 0 Å². The molecule has 0 atom stereocenters. The van der Waals surface area contributed by atoms with Crippen LogP contribution in [0, 0.1) is 0 Å². The molecule has 25 heavy (non-hydrogen) atoms. The molecule has 2 aromatic carbocycles. The van der Waals surface area contributed by atoms with Gasteiger partial charge in [-0.05, 0) is 24.3 Å². The molecule has 0 radical (unpaired) electrons. The predicted octanol–water partition coefficient (Wildman–Crippen LogP) is 3.08. The summed E-state index contributed by atoms with van der Waals surface area (Å²) in [5.41, 5.74) is 3.62. The van der Waals surface area contributed by atoms with Crippen LogP contribution in [0.15, 0.2) is 48.5 Å². The third-order valence-electron chi connectivity index (χ3n) is 4.38. The second-order valence-electron chi connectivity index (χ2n) is 5.95. The number of hydrogen-bond acceptors (Lipinski definition) is 3. The Labute approximate surface area is 144 Å². The zero-order valence-corrected chi connectivity index (χ0v) is 13.9. The summed E-state index contributed by atoms with van der Waals surface area (Å²) >= 11 is 0. The van der Waals surface area contributed by atoms with Gasteiger partial charge in [0.25, 0.3) is 0 Å². The summed E-state index contributed by atoms with van der Waals surface area (Å²) in [5, 5.41) is 9.30. The first kappa shape index (κ1) is 15.4. The van der Waals surface area contributed by atoms with Crippen LogP contribution in [0.4, 0.5) is 0 Å². The summed E-state index contributed by atoms with van der Waals surface area (Å²) in [5.74, 6) is 0.812. The van der Waals surface area contributed by atoms with Gasteiger partial charge in [-0.3, -0.25) is 4.79 Å². The minimum Gasteiger partial charge on any atom is -0.480 e. The van der Waals surface area contributed by atoms with E-state index in [1.54, 1.807) is 4.57 Å². The number of benzene rings is 2. The van der Waals surface area contributed by atoms with E-state index in [4.69, 9.17) is 0 Å². The highest BCUT2D eigenvalue weighted by atomic mass is 16.4. The van der Waals surface area contributed by atoms with E-state index < -0.39 is 5.97 Å². The van der Waals surface area contributed by atoms with Crippen LogP contribution in [0.3, 0.4) is 0 Å². The van der Waals surface area contributed by atoms with Crippen LogP contribution in [0.2, 0.25) is 0 Å². The van der Waals surface area contributed by atoms with Crippen molar-refractivity contribution in [3.8, 4) is 0 Å². The summed E-state index contributed by atoms with van der Waals surface area (Å²) in [6.07, 6.45) is 0.799. The van der Waals surface area contributed by atoms with Crippen molar-refractivity contribution in [3.63, 3.8) is 0 Å². The van der Waals surface area contributed by atoms with Gasteiger partial charge < -0.3 is 14.2 Å². The van der Waals surface area contributed by atoms with Crippen molar-refractivity contribution in [1.29, 1.82) is 0 Å². The quantitative estimate of drug-likeness (QED) is 0.609. The number of fused-ring (bicyclic) bond motifs is 2. The standard InChI is InChI=1S/C19H18N4O2/c1-2-17-20-13-7-3-5-9-15(13)22(17)11-18-21-14-8-4-6-10-16(14)23(18)12-19(24)25/h3-10H,2,11-12H2,1H3,(H,24,25). The van der Waals surface area contributed by atoms with Crippen molar-refractivity contribution >= 4 is 28.0 Å². The van der Waals surface area contributed by atoms with Gasteiger partial charge in [0.05, 0.1) is 28.6 Å². The van der Waals surface area contributed by atoms with Crippen LogP contribution in [0.5, 0.6) is 0 Å². The maximum absolute atomic E-state index is 11.3. The van der Waals surface area contributed by atoms with Gasteiger partial charge in [0, 0.05) is 6.42 Å². The van der Waals surface area contributed by atoms with Crippen molar-refractivity contribution in [2.45, 2.75) is 26.4 Å². The minimum atomic E-state index is -0.879. The molecule has 0 amide bonds. The first-order valence-corrected chi connectivity index (χ1v) is 8.27. The van der Waals surface area contributed by atoms with Gasteiger partial charge in [-0.25, -0.2) is 9.97 Å². The molecule has 0 aliphatic carbocycles. The van der Waals surface area contributed by atoms with Gasteiger partial charge in [-0.15, -0.1) is 0 Å². The largest absolute Gasteiger partial charge is 0.480 e. The summed E-state index contributed by atoms with van der Waals surface area (Å²) in [4.78, 5) is 20.7. The second kappa shape index (κ2) is 6.05. The Balaban J connectivity index is 1.87. The molecular weight excluding hydrogens is 316 g/mol. The Bertz CT molecular complexity index is 1080. The van der Waals surface area contributed by atoms with Gasteiger partial charge in [-0.2, -0.15) is 0 Å². The summed E-state index contributed by atoms with van der Waals surface area (Å²) < 4.78 is 3.89. The number of imidazole rings is 2. The first-order valence-electron chi connectivity index (χ1n) is 8.27. The number of aromatic nitrogens is 4. The highest BCUT2D eigenvalue weighted by Gasteiger charge is 2.16. The predicted molar refractivity (Wildman–Crippen MR) is 95.6 cm³/mol. The molecule has 0 spiro atoms. The fraction of sp³-hybridized carbons (Fsp3) is 0.211. The molecule has 4 rings (SSSR count). The Morgan fingerprint density at radius 1 is 0.920 bits per heavy atom. The maximum atomic E-state index is 11.3. The third kappa shape index (κ3) is 2.65. The molecule has 0 bridgehead atoms. The van der Waals surface area contributed by atoms with Crippen LogP contribution in [0.25, 0.3) is 22.1 Å². The normalized spacial score (nSPS) is 11.4. The molecular formula is C19H18N4O2. The van der Waals surface area contributed by atoms with Gasteiger partial charge in [0.1, 0.15) is 18.2 Å². The van der Waals surface area contributed by atoms with Crippen LogP contribution < -0.4 is 0 Å². The van der Waals surface area contributed by atoms with Crippen molar-refractivity contribution < 1.29 is 9.90 Å². The number of hydrogen-bond donors (Lipinski definition) is 1. The second-order valence-corrected chi connectivity index (χ2v) is 5.95. The lowest BCUT2D eigenvalue weighted by Crippen LogP contribution is -2.15. The van der Waals surface area contributed by atoms with E-state index in [0.29, 0.717) is 6.54 Å². The van der Waals surface area contributed by atoms with Crippen molar-refractivity contribution in [2.75, 3.05) is 0 Å². The average molecular weight is 334 g/mol. The molecule has 0 saturated carbocycles. The smallest absolute Gasteiger partial charge is 0.323 e. The monoisotopic (exact) mass is 334 g/mol. The lowest BCUT2D eigenvalue weighted by Gasteiger charge is -2.10. The molecule has 6 nitrogen and oxygen atoms in total. The van der Waals surface area contributed by atoms with E-state index in [2.05, 4.69) is 21.5 Å². The lowest BCUT2D eigenvalue weighted by molar-refractivity contribution is -0.137. The minimum absolute atomic E-state index is 0.107. The lowest BCUT2D eigenvalue weighted by atomic mass is 10.3. The number of carbonyl (C=O) groups is 1. The zero-order chi connectivity index (χ0) is 17.4. The Morgan fingerprint density at radius 2 is 1.48 bits per heavy atom. The number of carboxylic acid groups (broad SMARTS) is 1. The van der Waals surface area contributed by atoms with E-state index in [9.17, 15) is 9.90 Å². The number of aryl methyl sites for hydroxylation is 1. The summed E-state index contributed by atoms with van der Waals surface area (Å²) in [6.45, 7) is 2.45. The first-order chi connectivity index (χ1) is 12.2. The molecule has 0 fully saturated rings. The van der Waals surface area contributed by atoms with Crippen LogP contribution >= 0.6 is 0 Å². The molecule has 2 heterocycles. The molecule has 0 saturated heterocycles. The number of aliphatic carboxylic acids is 1. The molecule has 6 heteroatoms. The van der Waals surface area contributed by atoms with Gasteiger partial charge in [-0.1, -0.05) is 31.2 Å². The van der Waals surface area contributed by atoms with Crippen LogP contribution in [0.1, 0.15) is 18.6 Å². The molecule has 0 aliphatic rings. The number of para-hydroxylation sites is 4. The van der Waals surface area contributed by atoms with Gasteiger partial charge >= 0.3 is 5.97 Å². The number of nitrogens with zero attached hydrogens (tertiary/aromatic N) is 4. The summed E-state index contributed by atoms with van der Waals surface area (Å²) in [7, 11) is 0. The van der Waals surface area contributed by atoms with Crippen molar-refractivity contribution in [3.05, 3.63) is 60.2 Å². The molecule has 2 aromatic heterocycles. The fourth-order valence-electron chi connectivity index (χ4n) is 3.27. The highest BCUT2D eigenvalue weighted by Crippen LogP contribution is 2.21. The Hall–Kier alpha value is -3.15. The van der Waals surface area contributed by atoms with E-state index >= 15 is 0 Å². The molecule has 0 unspecified atom stereocenters. The average Bonchev–Trinajstić information content (AvgIpc) is 3.14. The molecule has 126 valence electrons. The van der Waals surface area contributed by atoms with Crippen LogP contribution in [-0.2, 0) is 24.3 Å². The molecule has 1 N–H and O–H groups in total. The Morgan fingerprint density at radius 3 is 2.08 bits per heavy atom. The highest BCUT2D eigenvalue weighted by molar-refractivity contribution is 5.79. The van der Waals surface area contributed by atoms with E-state index in [0.717, 1.165) is 40.1 Å². The topological polar surface area (TPSA) is 72.9 Å². The summed E-state index contributed by atoms with van der Waals surface area (Å²) in [6, 6.07) is 15.6. The van der Waals surface area contributed by atoms with Gasteiger partial charge in [0.2, 0.25) is 0 Å². The van der Waals surface area contributed by atoms with E-state index in [1.807, 2.05) is 48.5 Å². The third-order valence-corrected chi connectivity index (χ3v) is 4.38. The fourth-order valence-corrected chi connectivity index (χ4v) is 3.27. The van der Waals surface area contributed by atoms with E-state index in [-0.39, 0.29) is 6.54 Å². The molecule has 4 aromatic rings. The Kier molecular flexibility index (Phi) is 3.72. The van der Waals surface area contributed by atoms with Crippen LogP contribution in [-0.4, -0.2) is 30.2 Å². The molecule has 0 aliphatic heterocycles. The van der Waals surface area contributed by atoms with Crippen molar-refractivity contribution in [2.24, 2.45) is 0 Å². The van der Waals surface area contributed by atoms with Crippen molar-refractivity contribution in [1.82, 2.24) is 19.1 Å².